The lowest BCUT2D eigenvalue weighted by atomic mass is 9.96. The van der Waals surface area contributed by atoms with Gasteiger partial charge in [0, 0.05) is 29.5 Å². The Kier molecular flexibility index (Phi) is 4.72. The molecule has 11 heteroatoms. The molecule has 0 spiro atoms. The average Bonchev–Trinajstić information content (AvgIpc) is 3.37. The molecule has 0 unspecified atom stereocenters. The van der Waals surface area contributed by atoms with Crippen molar-refractivity contribution in [3.8, 4) is 0 Å². The summed E-state index contributed by atoms with van der Waals surface area (Å²) >= 11 is 0.875. The maximum Gasteiger partial charge on any atom is 0.266 e. The molecular weight excluding hydrogens is 427 g/mol. The van der Waals surface area contributed by atoms with E-state index in [1.165, 1.54) is 29.6 Å². The lowest BCUT2D eigenvalue weighted by Crippen LogP contribution is -2.25. The number of sulfonamides is 1. The summed E-state index contributed by atoms with van der Waals surface area (Å²) in [7, 11) is -4.13. The van der Waals surface area contributed by atoms with Crippen molar-refractivity contribution in [1.29, 1.82) is 0 Å². The van der Waals surface area contributed by atoms with Crippen LogP contribution in [0.4, 0.5) is 9.52 Å². The Morgan fingerprint density at radius 3 is 3.03 bits per heavy atom. The number of nitrogens with one attached hydrogen (secondary N) is 2. The quantitative estimate of drug-likeness (QED) is 0.491. The fourth-order valence-electron chi connectivity index (χ4n) is 3.69. The molecule has 2 aromatic carbocycles. The van der Waals surface area contributed by atoms with E-state index in [1.807, 2.05) is 12.1 Å². The van der Waals surface area contributed by atoms with Gasteiger partial charge < -0.3 is 5.32 Å². The van der Waals surface area contributed by atoms with Gasteiger partial charge in [-0.05, 0) is 35.7 Å². The molecule has 0 saturated heterocycles. The van der Waals surface area contributed by atoms with E-state index in [2.05, 4.69) is 30.6 Å². The summed E-state index contributed by atoms with van der Waals surface area (Å²) in [6, 6.07) is 8.70. The van der Waals surface area contributed by atoms with E-state index in [0.29, 0.717) is 17.4 Å². The van der Waals surface area contributed by atoms with Gasteiger partial charge in [0.25, 0.3) is 10.0 Å². The third-order valence-electron chi connectivity index (χ3n) is 5.13. The minimum Gasteiger partial charge on any atom is -0.312 e. The Balaban J connectivity index is 1.50. The van der Waals surface area contributed by atoms with Crippen LogP contribution in [0.25, 0.3) is 10.9 Å². The molecule has 0 amide bonds. The van der Waals surface area contributed by atoms with E-state index in [4.69, 9.17) is 0 Å². The fourth-order valence-corrected chi connectivity index (χ4v) is 5.45. The Morgan fingerprint density at radius 2 is 2.20 bits per heavy atom. The maximum atomic E-state index is 14.8. The molecule has 4 aromatic rings. The molecule has 0 radical (unpaired) electrons. The molecule has 5 rings (SSSR count). The Morgan fingerprint density at radius 1 is 1.30 bits per heavy atom. The number of rotatable bonds is 5. The first kappa shape index (κ1) is 19.1. The predicted molar refractivity (Wildman–Crippen MR) is 111 cm³/mol. The van der Waals surface area contributed by atoms with Crippen LogP contribution in [-0.4, -0.2) is 34.1 Å². The Hall–Kier alpha value is -2.89. The zero-order valence-electron chi connectivity index (χ0n) is 15.7. The molecule has 0 saturated carbocycles. The van der Waals surface area contributed by atoms with Crippen LogP contribution in [-0.2, 0) is 29.5 Å². The summed E-state index contributed by atoms with van der Waals surface area (Å²) in [4.78, 5) is 3.33. The second-order valence-corrected chi connectivity index (χ2v) is 9.41. The molecule has 30 heavy (non-hydrogen) atoms. The zero-order chi connectivity index (χ0) is 20.7. The number of aromatic nitrogens is 4. The molecule has 1 aliphatic rings. The molecule has 0 aliphatic carbocycles. The van der Waals surface area contributed by atoms with Crippen LogP contribution in [0.1, 0.15) is 16.7 Å². The number of hydrogen-bond acceptors (Lipinski definition) is 7. The second-order valence-electron chi connectivity index (χ2n) is 6.98. The molecular formula is C19H17FN6O2S2. The minimum absolute atomic E-state index is 0.0765. The summed E-state index contributed by atoms with van der Waals surface area (Å²) in [5.74, 6) is -0.849. The topological polar surface area (TPSA) is 102 Å². The molecule has 8 nitrogen and oxygen atoms in total. The van der Waals surface area contributed by atoms with E-state index in [0.717, 1.165) is 36.6 Å². The highest BCUT2D eigenvalue weighted by atomic mass is 32.2. The lowest BCUT2D eigenvalue weighted by Gasteiger charge is -2.20. The SMILES string of the molecule is O=S(=O)(Nc1ncns1)c1cc2cnn(Cc3cccc4c3CNCC4)c2cc1F. The maximum absolute atomic E-state index is 14.8. The van der Waals surface area contributed by atoms with Crippen LogP contribution in [0.5, 0.6) is 0 Å². The number of halogens is 1. The largest absolute Gasteiger partial charge is 0.312 e. The van der Waals surface area contributed by atoms with Crippen molar-refractivity contribution in [2.75, 3.05) is 11.3 Å². The number of fused-ring (bicyclic) bond motifs is 2. The molecule has 2 N–H and O–H groups in total. The van der Waals surface area contributed by atoms with Crippen LogP contribution in [0, 0.1) is 5.82 Å². The minimum atomic E-state index is -4.13. The molecule has 0 atom stereocenters. The van der Waals surface area contributed by atoms with Gasteiger partial charge in [-0.2, -0.15) is 9.47 Å². The fraction of sp³-hybridized carbons (Fsp3) is 0.211. The first-order valence-corrected chi connectivity index (χ1v) is 11.5. The van der Waals surface area contributed by atoms with E-state index in [-0.39, 0.29) is 5.13 Å². The predicted octanol–water partition coefficient (Wildman–Crippen LogP) is 2.52. The van der Waals surface area contributed by atoms with Gasteiger partial charge in [-0.25, -0.2) is 17.8 Å². The van der Waals surface area contributed by atoms with Crippen LogP contribution < -0.4 is 10.0 Å². The molecule has 3 heterocycles. The smallest absolute Gasteiger partial charge is 0.266 e. The van der Waals surface area contributed by atoms with Gasteiger partial charge in [0.05, 0.1) is 18.3 Å². The lowest BCUT2D eigenvalue weighted by molar-refractivity contribution is 0.570. The van der Waals surface area contributed by atoms with Crippen molar-refractivity contribution in [2.45, 2.75) is 24.4 Å². The van der Waals surface area contributed by atoms with Gasteiger partial charge in [0.2, 0.25) is 5.13 Å². The standard InChI is InChI=1S/C19H17FN6O2S2/c20-16-7-17-14(6-18(16)30(27,28)25-19-22-11-24-29-19)8-23-26(17)10-13-3-1-2-12-4-5-21-9-15(12)13/h1-3,6-8,11,21H,4-5,9-10H2,(H,22,24,25). The van der Waals surface area contributed by atoms with Gasteiger partial charge >= 0.3 is 0 Å². The van der Waals surface area contributed by atoms with Crippen LogP contribution >= 0.6 is 11.5 Å². The van der Waals surface area contributed by atoms with Crippen molar-refractivity contribution in [2.24, 2.45) is 0 Å². The van der Waals surface area contributed by atoms with Gasteiger partial charge in [-0.1, -0.05) is 18.2 Å². The normalized spacial score (nSPS) is 14.0. The summed E-state index contributed by atoms with van der Waals surface area (Å²) in [6.45, 7) is 2.22. The first-order chi connectivity index (χ1) is 14.5. The number of nitrogens with zero attached hydrogens (tertiary/aromatic N) is 4. The third kappa shape index (κ3) is 3.44. The van der Waals surface area contributed by atoms with E-state index < -0.39 is 20.7 Å². The van der Waals surface area contributed by atoms with E-state index in [9.17, 15) is 12.8 Å². The molecule has 0 fully saturated rings. The summed E-state index contributed by atoms with van der Waals surface area (Å²) in [6.07, 6.45) is 3.75. The molecule has 2 aromatic heterocycles. The van der Waals surface area contributed by atoms with Crippen molar-refractivity contribution in [1.82, 2.24) is 24.5 Å². The van der Waals surface area contributed by atoms with Crippen molar-refractivity contribution >= 4 is 37.6 Å². The summed E-state index contributed by atoms with van der Waals surface area (Å²) in [5.41, 5.74) is 4.20. The van der Waals surface area contributed by atoms with E-state index in [1.54, 1.807) is 10.9 Å². The van der Waals surface area contributed by atoms with Gasteiger partial charge in [0.1, 0.15) is 17.0 Å². The number of anilines is 1. The number of hydrogen-bond donors (Lipinski definition) is 2. The van der Waals surface area contributed by atoms with Gasteiger partial charge in [-0.3, -0.25) is 9.40 Å². The highest BCUT2D eigenvalue weighted by Crippen LogP contribution is 2.26. The Bertz CT molecular complexity index is 1330. The zero-order valence-corrected chi connectivity index (χ0v) is 17.3. The Labute approximate surface area is 176 Å². The van der Waals surface area contributed by atoms with Crippen molar-refractivity contribution < 1.29 is 12.8 Å². The summed E-state index contributed by atoms with van der Waals surface area (Å²) in [5, 5.41) is 8.37. The highest BCUT2D eigenvalue weighted by molar-refractivity contribution is 7.93. The third-order valence-corrected chi connectivity index (χ3v) is 7.19. The molecule has 1 aliphatic heterocycles. The van der Waals surface area contributed by atoms with Crippen molar-refractivity contribution in [3.63, 3.8) is 0 Å². The highest BCUT2D eigenvalue weighted by Gasteiger charge is 2.23. The second kappa shape index (κ2) is 7.42. The first-order valence-electron chi connectivity index (χ1n) is 9.26. The van der Waals surface area contributed by atoms with Gasteiger partial charge in [-0.15, -0.1) is 0 Å². The van der Waals surface area contributed by atoms with Crippen molar-refractivity contribution in [3.05, 3.63) is 65.4 Å². The number of benzene rings is 2. The molecule has 0 bridgehead atoms. The van der Waals surface area contributed by atoms with Crippen LogP contribution in [0.15, 0.2) is 47.8 Å². The average molecular weight is 445 g/mol. The van der Waals surface area contributed by atoms with Crippen LogP contribution in [0.2, 0.25) is 0 Å². The monoisotopic (exact) mass is 444 g/mol. The van der Waals surface area contributed by atoms with Gasteiger partial charge in [0.15, 0.2) is 0 Å². The van der Waals surface area contributed by atoms with Crippen LogP contribution in [0.3, 0.4) is 0 Å². The molecule has 154 valence electrons. The summed E-state index contributed by atoms with van der Waals surface area (Å²) < 4.78 is 47.6. The van der Waals surface area contributed by atoms with E-state index >= 15 is 0 Å².